The molecule has 1 aromatic heterocycles. The lowest BCUT2D eigenvalue weighted by Gasteiger charge is -2.37. The van der Waals surface area contributed by atoms with Gasteiger partial charge in [0.25, 0.3) is 11.8 Å². The number of carbonyl (C=O) groups is 2. The molecule has 0 unspecified atom stereocenters. The van der Waals surface area contributed by atoms with Gasteiger partial charge in [-0.25, -0.2) is 4.98 Å². The molecule has 1 fully saturated rings. The number of imidazole rings is 1. The Morgan fingerprint density at radius 3 is 2.49 bits per heavy atom. The van der Waals surface area contributed by atoms with Crippen LogP contribution < -0.4 is 15.5 Å². The van der Waals surface area contributed by atoms with Crippen molar-refractivity contribution in [2.45, 2.75) is 20.0 Å². The average molecular weight is 540 g/mol. The molecule has 0 atom stereocenters. The Labute approximate surface area is 225 Å². The van der Waals surface area contributed by atoms with Crippen molar-refractivity contribution in [3.05, 3.63) is 81.9 Å². The number of halogens is 2. The van der Waals surface area contributed by atoms with Gasteiger partial charge in [-0.3, -0.25) is 9.59 Å². The van der Waals surface area contributed by atoms with Gasteiger partial charge in [0.15, 0.2) is 0 Å². The fourth-order valence-electron chi connectivity index (χ4n) is 4.22. The molecule has 2 amide bonds. The molecule has 2 heterocycles. The zero-order valence-electron chi connectivity index (χ0n) is 20.6. The van der Waals surface area contributed by atoms with Gasteiger partial charge in [0.2, 0.25) is 5.95 Å². The number of ether oxygens (including phenoxy) is 1. The Bertz CT molecular complexity index is 1480. The molecule has 0 aliphatic carbocycles. The second-order valence-electron chi connectivity index (χ2n) is 8.88. The van der Waals surface area contributed by atoms with E-state index in [4.69, 9.17) is 21.3 Å². The highest BCUT2D eigenvalue weighted by Crippen LogP contribution is 2.30. The second-order valence-corrected chi connectivity index (χ2v) is 9.29. The number of rotatable bonds is 6. The summed E-state index contributed by atoms with van der Waals surface area (Å²) in [6, 6.07) is 16.1. The number of anilines is 3. The number of amides is 2. The Morgan fingerprint density at radius 1 is 1.03 bits per heavy atom. The van der Waals surface area contributed by atoms with Crippen molar-refractivity contribution in [1.29, 1.82) is 0 Å². The van der Waals surface area contributed by atoms with E-state index in [9.17, 15) is 9.59 Å². The Kier molecular flexibility index (Phi) is 7.73. The molecule has 3 aromatic carbocycles. The maximum absolute atomic E-state index is 13.5. The smallest absolute Gasteiger partial charge is 0.258 e. The summed E-state index contributed by atoms with van der Waals surface area (Å²) in [4.78, 5) is 36.5. The third kappa shape index (κ3) is 5.27. The van der Waals surface area contributed by atoms with E-state index in [1.54, 1.807) is 43.5 Å². The first-order chi connectivity index (χ1) is 17.3. The van der Waals surface area contributed by atoms with Crippen molar-refractivity contribution >= 4 is 64.2 Å². The zero-order chi connectivity index (χ0) is 25.4. The predicted molar refractivity (Wildman–Crippen MR) is 150 cm³/mol. The molecule has 192 valence electrons. The number of hydrogen-bond acceptors (Lipinski definition) is 5. The van der Waals surface area contributed by atoms with Crippen LogP contribution in [0.5, 0.6) is 0 Å². The van der Waals surface area contributed by atoms with E-state index >= 15 is 0 Å². The van der Waals surface area contributed by atoms with E-state index in [1.165, 1.54) is 0 Å². The molecule has 0 bridgehead atoms. The van der Waals surface area contributed by atoms with E-state index in [0.717, 1.165) is 11.1 Å². The minimum absolute atomic E-state index is 0. The summed E-state index contributed by atoms with van der Waals surface area (Å²) < 4.78 is 5.37. The first kappa shape index (κ1) is 26.5. The molecule has 8 nitrogen and oxygen atoms in total. The van der Waals surface area contributed by atoms with E-state index in [0.29, 0.717) is 57.6 Å². The van der Waals surface area contributed by atoms with Crippen molar-refractivity contribution in [2.24, 2.45) is 0 Å². The predicted octanol–water partition coefficient (Wildman–Crippen LogP) is 5.59. The summed E-state index contributed by atoms with van der Waals surface area (Å²) >= 11 is 6.24. The highest BCUT2D eigenvalue weighted by Gasteiger charge is 2.29. The minimum atomic E-state index is -0.353. The van der Waals surface area contributed by atoms with Gasteiger partial charge in [-0.15, -0.1) is 12.4 Å². The lowest BCUT2D eigenvalue weighted by molar-refractivity contribution is 0.0779. The zero-order valence-corrected chi connectivity index (χ0v) is 22.2. The molecular weight excluding hydrogens is 513 g/mol. The van der Waals surface area contributed by atoms with Crippen molar-refractivity contribution in [3.63, 3.8) is 0 Å². The normalized spacial score (nSPS) is 13.1. The highest BCUT2D eigenvalue weighted by atomic mass is 35.5. The standard InChI is InChI=1S/C27H26ClN5O3.ClH/c1-15-7-4-5-8-19(15)25(34)29-17-11-20(26(35)30-22-10-6-9-21(28)16(22)2)24-23(12-17)31-27(32-24)33-13-18(14-33)36-3;/h4-12,18H,13-14H2,1-3H3,(H,29,34)(H,30,35)(H,31,32);1H. The van der Waals surface area contributed by atoms with Gasteiger partial charge < -0.3 is 25.3 Å². The van der Waals surface area contributed by atoms with Crippen molar-refractivity contribution in [1.82, 2.24) is 9.97 Å². The summed E-state index contributed by atoms with van der Waals surface area (Å²) in [5, 5.41) is 6.43. The lowest BCUT2D eigenvalue weighted by atomic mass is 10.1. The van der Waals surface area contributed by atoms with Gasteiger partial charge in [0.05, 0.1) is 17.2 Å². The van der Waals surface area contributed by atoms with E-state index in [1.807, 2.05) is 36.9 Å². The highest BCUT2D eigenvalue weighted by molar-refractivity contribution is 6.31. The molecule has 1 aliphatic heterocycles. The summed E-state index contributed by atoms with van der Waals surface area (Å²) in [6.45, 7) is 5.13. The van der Waals surface area contributed by atoms with Gasteiger partial charge in [-0.05, 0) is 55.3 Å². The van der Waals surface area contributed by atoms with E-state index < -0.39 is 0 Å². The Balaban J connectivity index is 0.00000320. The van der Waals surface area contributed by atoms with Gasteiger partial charge in [0.1, 0.15) is 5.52 Å². The SMILES string of the molecule is COC1CN(c2nc3c(C(=O)Nc4cccc(Cl)c4C)cc(NC(=O)c4ccccc4C)cc3[nH]2)C1.Cl. The molecule has 1 aliphatic rings. The topological polar surface area (TPSA) is 99.3 Å². The molecule has 4 aromatic rings. The van der Waals surface area contributed by atoms with Crippen molar-refractivity contribution < 1.29 is 14.3 Å². The maximum Gasteiger partial charge on any atom is 0.258 e. The van der Waals surface area contributed by atoms with Gasteiger partial charge in [0, 0.05) is 42.2 Å². The molecule has 5 rings (SSSR count). The number of aromatic amines is 1. The van der Waals surface area contributed by atoms with Crippen LogP contribution >= 0.6 is 24.0 Å². The van der Waals surface area contributed by atoms with Crippen LogP contribution in [0.15, 0.2) is 54.6 Å². The van der Waals surface area contributed by atoms with Crippen LogP contribution in [0, 0.1) is 13.8 Å². The number of nitrogens with zero attached hydrogens (tertiary/aromatic N) is 2. The molecule has 10 heteroatoms. The second kappa shape index (κ2) is 10.8. The number of hydrogen-bond donors (Lipinski definition) is 3. The minimum Gasteiger partial charge on any atom is -0.378 e. The number of nitrogens with one attached hydrogen (secondary N) is 3. The largest absolute Gasteiger partial charge is 0.378 e. The summed E-state index contributed by atoms with van der Waals surface area (Å²) in [6.07, 6.45) is 0.149. The number of benzene rings is 3. The van der Waals surface area contributed by atoms with Gasteiger partial charge >= 0.3 is 0 Å². The molecule has 37 heavy (non-hydrogen) atoms. The van der Waals surface area contributed by atoms with Crippen LogP contribution in [0.4, 0.5) is 17.3 Å². The fourth-order valence-corrected chi connectivity index (χ4v) is 4.39. The quantitative estimate of drug-likeness (QED) is 0.296. The van der Waals surface area contributed by atoms with Crippen LogP contribution in [0.2, 0.25) is 5.02 Å². The third-order valence-corrected chi connectivity index (χ3v) is 6.87. The Morgan fingerprint density at radius 2 is 1.76 bits per heavy atom. The number of carbonyl (C=O) groups excluding carboxylic acids is 2. The maximum atomic E-state index is 13.5. The number of methoxy groups -OCH3 is 1. The monoisotopic (exact) mass is 539 g/mol. The van der Waals surface area contributed by atoms with Crippen molar-refractivity contribution in [2.75, 3.05) is 35.7 Å². The number of aryl methyl sites for hydroxylation is 1. The van der Waals surface area contributed by atoms with Gasteiger partial charge in [-0.2, -0.15) is 0 Å². The summed E-state index contributed by atoms with van der Waals surface area (Å²) in [5.41, 5.74) is 4.77. The molecule has 3 N–H and O–H groups in total. The fraction of sp³-hybridized carbons (Fsp3) is 0.222. The molecular formula is C27H27Cl2N5O3. The first-order valence-electron chi connectivity index (χ1n) is 11.6. The van der Waals surface area contributed by atoms with Crippen LogP contribution in [-0.2, 0) is 4.74 Å². The van der Waals surface area contributed by atoms with Crippen LogP contribution in [0.3, 0.4) is 0 Å². The summed E-state index contributed by atoms with van der Waals surface area (Å²) in [7, 11) is 1.68. The number of aromatic nitrogens is 2. The molecule has 0 spiro atoms. The van der Waals surface area contributed by atoms with Crippen LogP contribution in [0.1, 0.15) is 31.8 Å². The lowest BCUT2D eigenvalue weighted by Crippen LogP contribution is -2.52. The third-order valence-electron chi connectivity index (χ3n) is 6.46. The van der Waals surface area contributed by atoms with E-state index in [2.05, 4.69) is 15.6 Å². The van der Waals surface area contributed by atoms with Crippen molar-refractivity contribution in [3.8, 4) is 0 Å². The van der Waals surface area contributed by atoms with Gasteiger partial charge in [-0.1, -0.05) is 35.9 Å². The first-order valence-corrected chi connectivity index (χ1v) is 12.0. The molecule has 1 saturated heterocycles. The number of fused-ring (bicyclic) bond motifs is 1. The van der Waals surface area contributed by atoms with E-state index in [-0.39, 0.29) is 30.3 Å². The summed E-state index contributed by atoms with van der Waals surface area (Å²) in [5.74, 6) is 0.0392. The van der Waals surface area contributed by atoms with Crippen LogP contribution in [-0.4, -0.2) is 48.1 Å². The Hall–Kier alpha value is -3.59. The average Bonchev–Trinajstić information content (AvgIpc) is 3.24. The molecule has 0 radical (unpaired) electrons. The number of H-pyrrole nitrogens is 1. The van der Waals surface area contributed by atoms with Crippen LogP contribution in [0.25, 0.3) is 11.0 Å². The molecule has 0 saturated carbocycles.